The molecule has 0 aromatic rings. The Labute approximate surface area is 94.3 Å². The Morgan fingerprint density at radius 3 is 2.75 bits per heavy atom. The van der Waals surface area contributed by atoms with Crippen LogP contribution in [0.25, 0.3) is 0 Å². The number of hydrogen-bond donors (Lipinski definition) is 0. The molecule has 2 atom stereocenters. The molecule has 5 nitrogen and oxygen atoms in total. The molecule has 0 bridgehead atoms. The van der Waals surface area contributed by atoms with E-state index in [1.807, 2.05) is 0 Å². The van der Waals surface area contributed by atoms with Gasteiger partial charge in [-0.2, -0.15) is 0 Å². The maximum absolute atomic E-state index is 12.2. The Bertz CT molecular complexity index is 448. The fourth-order valence-corrected chi connectivity index (χ4v) is 4.22. The number of Topliss-reactive ketones (excluding diaryl/α,β-unsaturated/α-hetero) is 1. The molecule has 0 spiro atoms. The third-order valence-corrected chi connectivity index (χ3v) is 5.23. The molecular formula is C10H14O5S. The standard InChI is InChI=1S/C10H14O5S/c1-6(11)9-7(2)15-10-8(16(9,12)13)4-3-5-14-10/h8,10H,3-5H2,1-2H3/t8-,10-/m1/s1. The van der Waals surface area contributed by atoms with Gasteiger partial charge in [0, 0.05) is 0 Å². The SMILES string of the molecule is CC(=O)C1=C(C)O[C@H]2OCCC[C@H]2S1(=O)=O. The number of ether oxygens (including phenoxy) is 2. The number of fused-ring (bicyclic) bond motifs is 1. The van der Waals surface area contributed by atoms with Crippen molar-refractivity contribution in [2.24, 2.45) is 0 Å². The van der Waals surface area contributed by atoms with Crippen LogP contribution in [0.3, 0.4) is 0 Å². The second-order valence-electron chi connectivity index (χ2n) is 4.02. The average molecular weight is 246 g/mol. The smallest absolute Gasteiger partial charge is 0.216 e. The highest BCUT2D eigenvalue weighted by Gasteiger charge is 2.46. The first-order chi connectivity index (χ1) is 7.44. The van der Waals surface area contributed by atoms with Crippen molar-refractivity contribution in [3.05, 3.63) is 10.7 Å². The van der Waals surface area contributed by atoms with Crippen molar-refractivity contribution < 1.29 is 22.7 Å². The van der Waals surface area contributed by atoms with Crippen LogP contribution in [0.1, 0.15) is 26.7 Å². The van der Waals surface area contributed by atoms with E-state index in [-0.39, 0.29) is 10.7 Å². The van der Waals surface area contributed by atoms with Crippen LogP contribution >= 0.6 is 0 Å². The first kappa shape index (κ1) is 11.6. The van der Waals surface area contributed by atoms with E-state index in [9.17, 15) is 13.2 Å². The van der Waals surface area contributed by atoms with Gasteiger partial charge >= 0.3 is 0 Å². The van der Waals surface area contributed by atoms with Crippen molar-refractivity contribution in [2.75, 3.05) is 6.61 Å². The van der Waals surface area contributed by atoms with Gasteiger partial charge in [-0.05, 0) is 26.7 Å². The van der Waals surface area contributed by atoms with Gasteiger partial charge in [0.25, 0.3) is 0 Å². The van der Waals surface area contributed by atoms with Crippen LogP contribution in [0.15, 0.2) is 10.7 Å². The van der Waals surface area contributed by atoms with Crippen LogP contribution < -0.4 is 0 Å². The van der Waals surface area contributed by atoms with E-state index < -0.39 is 27.2 Å². The highest BCUT2D eigenvalue weighted by Crippen LogP contribution is 2.34. The molecule has 0 amide bonds. The van der Waals surface area contributed by atoms with E-state index in [2.05, 4.69) is 0 Å². The highest BCUT2D eigenvalue weighted by molar-refractivity contribution is 7.96. The third-order valence-electron chi connectivity index (χ3n) is 2.83. The number of hydrogen-bond acceptors (Lipinski definition) is 5. The molecule has 0 aliphatic carbocycles. The molecule has 16 heavy (non-hydrogen) atoms. The molecule has 0 aromatic carbocycles. The summed E-state index contributed by atoms with van der Waals surface area (Å²) in [5, 5.41) is -0.733. The average Bonchev–Trinajstić information content (AvgIpc) is 2.15. The summed E-state index contributed by atoms with van der Waals surface area (Å²) in [6.45, 7) is 3.23. The zero-order valence-electron chi connectivity index (χ0n) is 9.23. The molecule has 2 heterocycles. The lowest BCUT2D eigenvalue weighted by Crippen LogP contribution is -2.46. The summed E-state index contributed by atoms with van der Waals surface area (Å²) in [6, 6.07) is 0. The van der Waals surface area contributed by atoms with Crippen molar-refractivity contribution in [3.63, 3.8) is 0 Å². The quantitative estimate of drug-likeness (QED) is 0.683. The van der Waals surface area contributed by atoms with Crippen LogP contribution in [-0.2, 0) is 24.1 Å². The van der Waals surface area contributed by atoms with E-state index in [4.69, 9.17) is 9.47 Å². The van der Waals surface area contributed by atoms with E-state index in [0.29, 0.717) is 19.4 Å². The molecule has 1 fully saturated rings. The molecule has 1 saturated heterocycles. The van der Waals surface area contributed by atoms with Gasteiger partial charge in [-0.15, -0.1) is 0 Å². The van der Waals surface area contributed by atoms with E-state index in [0.717, 1.165) is 0 Å². The Balaban J connectivity index is 2.50. The molecule has 2 aliphatic rings. The van der Waals surface area contributed by atoms with E-state index in [1.54, 1.807) is 0 Å². The molecule has 0 N–H and O–H groups in total. The summed E-state index contributed by atoms with van der Waals surface area (Å²) < 4.78 is 34.9. The number of rotatable bonds is 1. The first-order valence-electron chi connectivity index (χ1n) is 5.18. The van der Waals surface area contributed by atoms with Gasteiger partial charge in [-0.3, -0.25) is 4.79 Å². The number of allylic oxidation sites excluding steroid dienone is 2. The molecule has 0 unspecified atom stereocenters. The lowest BCUT2D eigenvalue weighted by atomic mass is 10.2. The minimum atomic E-state index is -3.59. The Morgan fingerprint density at radius 1 is 1.44 bits per heavy atom. The zero-order valence-corrected chi connectivity index (χ0v) is 10.0. The fraction of sp³-hybridized carbons (Fsp3) is 0.700. The molecule has 0 radical (unpaired) electrons. The zero-order chi connectivity index (χ0) is 11.9. The van der Waals surface area contributed by atoms with Crippen molar-refractivity contribution in [1.82, 2.24) is 0 Å². The first-order valence-corrected chi connectivity index (χ1v) is 6.73. The predicted molar refractivity (Wildman–Crippen MR) is 56.1 cm³/mol. The fourth-order valence-electron chi connectivity index (χ4n) is 2.17. The van der Waals surface area contributed by atoms with Crippen molar-refractivity contribution >= 4 is 15.6 Å². The van der Waals surface area contributed by atoms with Gasteiger partial charge in [0.05, 0.1) is 6.61 Å². The van der Waals surface area contributed by atoms with E-state index >= 15 is 0 Å². The summed E-state index contributed by atoms with van der Waals surface area (Å²) in [6.07, 6.45) is 0.409. The molecule has 6 heteroatoms. The van der Waals surface area contributed by atoms with Crippen LogP contribution in [0, 0.1) is 0 Å². The number of carbonyl (C=O) groups is 1. The topological polar surface area (TPSA) is 69.7 Å². The van der Waals surface area contributed by atoms with Gasteiger partial charge in [0.15, 0.2) is 15.6 Å². The summed E-state index contributed by atoms with van der Waals surface area (Å²) in [5.74, 6) is -0.322. The Morgan fingerprint density at radius 2 is 2.12 bits per heavy atom. The Hall–Kier alpha value is -0.880. The van der Waals surface area contributed by atoms with Crippen LogP contribution in [-0.4, -0.2) is 32.3 Å². The summed E-state index contributed by atoms with van der Waals surface area (Å²) >= 11 is 0. The van der Waals surface area contributed by atoms with Crippen LogP contribution in [0.5, 0.6) is 0 Å². The van der Waals surface area contributed by atoms with Crippen molar-refractivity contribution in [3.8, 4) is 0 Å². The molecular weight excluding hydrogens is 232 g/mol. The molecule has 0 aromatic heterocycles. The maximum atomic E-state index is 12.2. The lowest BCUT2D eigenvalue weighted by molar-refractivity contribution is -0.138. The van der Waals surface area contributed by atoms with Gasteiger partial charge in [-0.25, -0.2) is 8.42 Å². The summed E-state index contributed by atoms with van der Waals surface area (Å²) in [4.78, 5) is 11.1. The lowest BCUT2D eigenvalue weighted by Gasteiger charge is -2.35. The van der Waals surface area contributed by atoms with E-state index in [1.165, 1.54) is 13.8 Å². The van der Waals surface area contributed by atoms with Crippen molar-refractivity contribution in [1.29, 1.82) is 0 Å². The highest BCUT2D eigenvalue weighted by atomic mass is 32.2. The monoisotopic (exact) mass is 246 g/mol. The minimum Gasteiger partial charge on any atom is -0.467 e. The maximum Gasteiger partial charge on any atom is 0.216 e. The van der Waals surface area contributed by atoms with Crippen LogP contribution in [0.2, 0.25) is 0 Å². The predicted octanol–water partition coefficient (Wildman–Crippen LogP) is 0.757. The van der Waals surface area contributed by atoms with Gasteiger partial charge in [-0.1, -0.05) is 0 Å². The second-order valence-corrected chi connectivity index (χ2v) is 6.13. The second kappa shape index (κ2) is 3.85. The third kappa shape index (κ3) is 1.66. The number of ketones is 1. The molecule has 2 rings (SSSR count). The number of sulfone groups is 1. The largest absolute Gasteiger partial charge is 0.467 e. The summed E-state index contributed by atoms with van der Waals surface area (Å²) in [5.41, 5.74) is 0. The minimum absolute atomic E-state index is 0.149. The van der Waals surface area contributed by atoms with Gasteiger partial charge in [0.2, 0.25) is 6.29 Å². The Kier molecular flexibility index (Phi) is 2.79. The van der Waals surface area contributed by atoms with Gasteiger partial charge in [0.1, 0.15) is 15.9 Å². The molecule has 90 valence electrons. The van der Waals surface area contributed by atoms with Crippen molar-refractivity contribution in [2.45, 2.75) is 38.2 Å². The molecule has 0 saturated carbocycles. The molecule has 2 aliphatic heterocycles. The summed E-state index contributed by atoms with van der Waals surface area (Å²) in [7, 11) is -3.59. The van der Waals surface area contributed by atoms with Crippen LogP contribution in [0.4, 0.5) is 0 Å². The normalized spacial score (nSPS) is 32.9. The number of carbonyl (C=O) groups excluding carboxylic acids is 1. The van der Waals surface area contributed by atoms with Gasteiger partial charge < -0.3 is 9.47 Å².